The molecule has 1 aromatic heterocycles. The highest BCUT2D eigenvalue weighted by Crippen LogP contribution is 2.34. The molecule has 0 amide bonds. The normalized spacial score (nSPS) is 18.1. The van der Waals surface area contributed by atoms with Crippen LogP contribution >= 0.6 is 11.9 Å². The van der Waals surface area contributed by atoms with Gasteiger partial charge in [-0.3, -0.25) is 0 Å². The lowest BCUT2D eigenvalue weighted by Crippen LogP contribution is -2.29. The molecule has 0 radical (unpaired) electrons. The van der Waals surface area contributed by atoms with Gasteiger partial charge in [0.25, 0.3) is 0 Å². The Morgan fingerprint density at radius 1 is 1.18 bits per heavy atom. The molecule has 1 aromatic carbocycles. The van der Waals surface area contributed by atoms with Gasteiger partial charge < -0.3 is 10.6 Å². The zero-order valence-corrected chi connectivity index (χ0v) is 18.1. The lowest BCUT2D eigenvalue weighted by Gasteiger charge is -2.31. The highest BCUT2D eigenvalue weighted by molar-refractivity contribution is 7.97. The second kappa shape index (κ2) is 9.14. The van der Waals surface area contributed by atoms with Crippen LogP contribution in [0.1, 0.15) is 45.2 Å². The molecule has 152 valence electrons. The molecule has 0 aliphatic carbocycles. The lowest BCUT2D eigenvalue weighted by atomic mass is 9.95. The standard InChI is InChI=1S/C22H31FN4S/c1-22(2,3)15-25-20-12-11-19(26-21(20)24-4)16-6-5-13-27(14-16)28-18-9-7-17(23)8-10-18/h7-12,16,25H,5-6,13-15H2,1-4H3,(H,24,26). The fraction of sp³-hybridized carbons (Fsp3) is 0.500. The number of benzene rings is 1. The fourth-order valence-corrected chi connectivity index (χ4v) is 4.34. The summed E-state index contributed by atoms with van der Waals surface area (Å²) in [5, 5.41) is 6.75. The van der Waals surface area contributed by atoms with Crippen molar-refractivity contribution in [2.24, 2.45) is 5.41 Å². The molecule has 4 nitrogen and oxygen atoms in total. The maximum Gasteiger partial charge on any atom is 0.149 e. The quantitative estimate of drug-likeness (QED) is 0.615. The van der Waals surface area contributed by atoms with Crippen molar-refractivity contribution in [2.75, 3.05) is 37.3 Å². The first-order valence-electron chi connectivity index (χ1n) is 9.95. The molecule has 0 saturated carbocycles. The number of piperidine rings is 1. The zero-order chi connectivity index (χ0) is 20.1. The minimum Gasteiger partial charge on any atom is -0.382 e. The second-order valence-corrected chi connectivity index (χ2v) is 9.74. The van der Waals surface area contributed by atoms with Gasteiger partial charge in [-0.15, -0.1) is 0 Å². The van der Waals surface area contributed by atoms with E-state index < -0.39 is 0 Å². The van der Waals surface area contributed by atoms with Gasteiger partial charge in [-0.1, -0.05) is 20.8 Å². The van der Waals surface area contributed by atoms with Crippen LogP contribution in [0.3, 0.4) is 0 Å². The number of hydrogen-bond donors (Lipinski definition) is 2. The number of hydrogen-bond acceptors (Lipinski definition) is 5. The zero-order valence-electron chi connectivity index (χ0n) is 17.3. The summed E-state index contributed by atoms with van der Waals surface area (Å²) < 4.78 is 15.5. The SMILES string of the molecule is CNc1nc(C2CCCN(Sc3ccc(F)cc3)C2)ccc1NCC(C)(C)C. The third kappa shape index (κ3) is 5.85. The van der Waals surface area contributed by atoms with Gasteiger partial charge in [0.1, 0.15) is 11.6 Å². The number of nitrogens with zero attached hydrogens (tertiary/aromatic N) is 2. The van der Waals surface area contributed by atoms with Crippen molar-refractivity contribution in [3.8, 4) is 0 Å². The summed E-state index contributed by atoms with van der Waals surface area (Å²) in [5.41, 5.74) is 2.40. The Balaban J connectivity index is 1.67. The van der Waals surface area contributed by atoms with Crippen LogP contribution in [0.25, 0.3) is 0 Å². The first kappa shape index (κ1) is 20.9. The summed E-state index contributed by atoms with van der Waals surface area (Å²) in [6.45, 7) is 9.55. The highest BCUT2D eigenvalue weighted by atomic mass is 32.2. The van der Waals surface area contributed by atoms with Gasteiger partial charge in [0, 0.05) is 43.2 Å². The first-order valence-corrected chi connectivity index (χ1v) is 10.7. The maximum absolute atomic E-state index is 13.1. The van der Waals surface area contributed by atoms with Crippen LogP contribution in [0.15, 0.2) is 41.3 Å². The predicted octanol–water partition coefficient (Wildman–Crippen LogP) is 5.61. The molecule has 2 aromatic rings. The molecular weight excluding hydrogens is 371 g/mol. The van der Waals surface area contributed by atoms with E-state index in [9.17, 15) is 4.39 Å². The number of anilines is 2. The van der Waals surface area contributed by atoms with Gasteiger partial charge in [-0.2, -0.15) is 0 Å². The Morgan fingerprint density at radius 2 is 1.93 bits per heavy atom. The van der Waals surface area contributed by atoms with Crippen LogP contribution in [-0.4, -0.2) is 36.0 Å². The van der Waals surface area contributed by atoms with Crippen LogP contribution in [0, 0.1) is 11.2 Å². The summed E-state index contributed by atoms with van der Waals surface area (Å²) in [5.74, 6) is 1.13. The van der Waals surface area contributed by atoms with E-state index in [1.165, 1.54) is 12.1 Å². The summed E-state index contributed by atoms with van der Waals surface area (Å²) in [6.07, 6.45) is 2.28. The number of nitrogens with one attached hydrogen (secondary N) is 2. The van der Waals surface area contributed by atoms with Gasteiger partial charge in [-0.05, 0) is 66.6 Å². The molecule has 2 heterocycles. The van der Waals surface area contributed by atoms with E-state index in [1.807, 2.05) is 19.2 Å². The lowest BCUT2D eigenvalue weighted by molar-refractivity contribution is 0.339. The number of rotatable bonds is 6. The van der Waals surface area contributed by atoms with Crippen LogP contribution in [0.4, 0.5) is 15.9 Å². The first-order chi connectivity index (χ1) is 13.3. The summed E-state index contributed by atoms with van der Waals surface area (Å²) in [7, 11) is 1.92. The Kier molecular flexibility index (Phi) is 6.83. The smallest absolute Gasteiger partial charge is 0.149 e. The van der Waals surface area contributed by atoms with Crippen LogP contribution < -0.4 is 10.6 Å². The van der Waals surface area contributed by atoms with Crippen molar-refractivity contribution >= 4 is 23.5 Å². The van der Waals surface area contributed by atoms with E-state index in [0.717, 1.165) is 54.6 Å². The van der Waals surface area contributed by atoms with Crippen molar-refractivity contribution in [1.82, 2.24) is 9.29 Å². The molecule has 1 atom stereocenters. The van der Waals surface area contributed by atoms with Gasteiger partial charge >= 0.3 is 0 Å². The predicted molar refractivity (Wildman–Crippen MR) is 118 cm³/mol. The summed E-state index contributed by atoms with van der Waals surface area (Å²) >= 11 is 1.71. The molecule has 2 N–H and O–H groups in total. The monoisotopic (exact) mass is 402 g/mol. The number of halogens is 1. The van der Waals surface area contributed by atoms with Gasteiger partial charge in [0.15, 0.2) is 0 Å². The van der Waals surface area contributed by atoms with E-state index in [0.29, 0.717) is 5.92 Å². The summed E-state index contributed by atoms with van der Waals surface area (Å²) in [6, 6.07) is 11.0. The molecule has 1 saturated heterocycles. The minimum absolute atomic E-state index is 0.190. The van der Waals surface area contributed by atoms with Crippen molar-refractivity contribution in [2.45, 2.75) is 44.4 Å². The van der Waals surface area contributed by atoms with Crippen molar-refractivity contribution in [3.63, 3.8) is 0 Å². The van der Waals surface area contributed by atoms with E-state index in [-0.39, 0.29) is 11.2 Å². The molecule has 3 rings (SSSR count). The molecule has 0 bridgehead atoms. The average Bonchev–Trinajstić information content (AvgIpc) is 2.67. The molecule has 1 aliphatic heterocycles. The fourth-order valence-electron chi connectivity index (χ4n) is 3.31. The number of pyridine rings is 1. The second-order valence-electron chi connectivity index (χ2n) is 8.57. The van der Waals surface area contributed by atoms with E-state index >= 15 is 0 Å². The molecule has 1 unspecified atom stereocenters. The molecule has 1 fully saturated rings. The highest BCUT2D eigenvalue weighted by Gasteiger charge is 2.24. The van der Waals surface area contributed by atoms with E-state index in [2.05, 4.69) is 47.8 Å². The van der Waals surface area contributed by atoms with E-state index in [4.69, 9.17) is 4.98 Å². The minimum atomic E-state index is -0.190. The molecule has 1 aliphatic rings. The summed E-state index contributed by atoms with van der Waals surface area (Å²) in [4.78, 5) is 5.99. The van der Waals surface area contributed by atoms with Crippen LogP contribution in [0.5, 0.6) is 0 Å². The molecule has 28 heavy (non-hydrogen) atoms. The maximum atomic E-state index is 13.1. The Bertz CT molecular complexity index is 773. The largest absolute Gasteiger partial charge is 0.382 e. The van der Waals surface area contributed by atoms with Crippen LogP contribution in [0.2, 0.25) is 0 Å². The third-order valence-corrected chi connectivity index (χ3v) is 5.89. The van der Waals surface area contributed by atoms with Gasteiger partial charge in [0.2, 0.25) is 0 Å². The van der Waals surface area contributed by atoms with Crippen LogP contribution in [-0.2, 0) is 0 Å². The van der Waals surface area contributed by atoms with E-state index in [1.54, 1.807) is 11.9 Å². The van der Waals surface area contributed by atoms with Gasteiger partial charge in [0.05, 0.1) is 5.69 Å². The third-order valence-electron chi connectivity index (χ3n) is 4.81. The number of aromatic nitrogens is 1. The molecule has 0 spiro atoms. The average molecular weight is 403 g/mol. The topological polar surface area (TPSA) is 40.2 Å². The Morgan fingerprint density at radius 3 is 2.61 bits per heavy atom. The van der Waals surface area contributed by atoms with Crippen molar-refractivity contribution in [3.05, 3.63) is 47.9 Å². The van der Waals surface area contributed by atoms with Crippen molar-refractivity contribution < 1.29 is 4.39 Å². The Labute approximate surface area is 172 Å². The van der Waals surface area contributed by atoms with Gasteiger partial charge in [-0.25, -0.2) is 13.7 Å². The Hall–Kier alpha value is -1.79. The molecular formula is C22H31FN4S. The molecule has 6 heteroatoms. The van der Waals surface area contributed by atoms with Crippen molar-refractivity contribution in [1.29, 1.82) is 0 Å².